The van der Waals surface area contributed by atoms with Crippen LogP contribution in [0.3, 0.4) is 0 Å². The molecule has 0 amide bonds. The van der Waals surface area contributed by atoms with Crippen molar-refractivity contribution in [2.45, 2.75) is 19.8 Å². The van der Waals surface area contributed by atoms with Crippen molar-refractivity contribution < 1.29 is 5.11 Å². The van der Waals surface area contributed by atoms with Gasteiger partial charge < -0.3 is 5.11 Å². The van der Waals surface area contributed by atoms with E-state index in [0.29, 0.717) is 26.9 Å². The van der Waals surface area contributed by atoms with Crippen molar-refractivity contribution >= 4 is 33.8 Å². The van der Waals surface area contributed by atoms with Crippen molar-refractivity contribution in [3.05, 3.63) is 69.0 Å². The Morgan fingerprint density at radius 2 is 1.85 bits per heavy atom. The molecule has 5 nitrogen and oxygen atoms in total. The van der Waals surface area contributed by atoms with Crippen LogP contribution in [0.1, 0.15) is 25.6 Å². The highest BCUT2D eigenvalue weighted by Crippen LogP contribution is 2.27. The highest BCUT2D eigenvalue weighted by atomic mass is 35.5. The van der Waals surface area contributed by atoms with Gasteiger partial charge in [-0.15, -0.1) is 11.3 Å². The minimum Gasteiger partial charge on any atom is -0.508 e. The van der Waals surface area contributed by atoms with Gasteiger partial charge in [-0.25, -0.2) is 14.5 Å². The number of thiazole rings is 1. The molecule has 2 aromatic carbocycles. The predicted octanol–water partition coefficient (Wildman–Crippen LogP) is 4.99. The first kappa shape index (κ1) is 17.7. The number of phenolic OH excluding ortho intramolecular Hbond substituents is 1. The van der Waals surface area contributed by atoms with Gasteiger partial charge in [-0.2, -0.15) is 0 Å². The van der Waals surface area contributed by atoms with Crippen molar-refractivity contribution in [3.63, 3.8) is 0 Å². The summed E-state index contributed by atoms with van der Waals surface area (Å²) in [6.07, 6.45) is 0. The smallest absolute Gasteiger partial charge is 0.267 e. The molecule has 4 rings (SSSR count). The molecule has 7 heteroatoms. The highest BCUT2D eigenvalue weighted by Gasteiger charge is 2.18. The summed E-state index contributed by atoms with van der Waals surface area (Å²) in [6.45, 7) is 3.95. The minimum absolute atomic E-state index is 0.00679. The summed E-state index contributed by atoms with van der Waals surface area (Å²) in [5.74, 6) is 0.698. The van der Waals surface area contributed by atoms with Crippen molar-refractivity contribution in [1.29, 1.82) is 0 Å². The Bertz CT molecular complexity index is 1200. The Kier molecular flexibility index (Phi) is 4.45. The molecule has 0 radical (unpaired) electrons. The van der Waals surface area contributed by atoms with Crippen molar-refractivity contribution in [1.82, 2.24) is 14.5 Å². The second kappa shape index (κ2) is 6.79. The second-order valence-corrected chi connectivity index (χ2v) is 7.76. The van der Waals surface area contributed by atoms with Gasteiger partial charge in [-0.1, -0.05) is 37.6 Å². The van der Waals surface area contributed by atoms with E-state index >= 15 is 0 Å². The average molecular weight is 398 g/mol. The zero-order chi connectivity index (χ0) is 19.1. The number of benzene rings is 2. The molecule has 0 spiro atoms. The lowest BCUT2D eigenvalue weighted by molar-refractivity contribution is 0.476. The van der Waals surface area contributed by atoms with E-state index in [1.165, 1.54) is 23.5 Å². The van der Waals surface area contributed by atoms with Crippen LogP contribution in [-0.2, 0) is 0 Å². The van der Waals surface area contributed by atoms with E-state index in [2.05, 4.69) is 9.97 Å². The van der Waals surface area contributed by atoms with Gasteiger partial charge in [0, 0.05) is 28.0 Å². The van der Waals surface area contributed by atoms with Gasteiger partial charge in [0.05, 0.1) is 16.6 Å². The standard InChI is InChI=1S/C20H16ClN3O2S/c1-11(2)18-22-16-9-14(25)7-8-15(16)19(26)24(18)20-23-17(10-27-20)12-3-5-13(21)6-4-12/h3-11,25H,1-2H3. The molecular weight excluding hydrogens is 382 g/mol. The third-order valence-electron chi connectivity index (χ3n) is 4.22. The number of nitrogens with zero attached hydrogens (tertiary/aromatic N) is 3. The minimum atomic E-state index is -0.194. The van der Waals surface area contributed by atoms with Gasteiger partial charge in [-0.05, 0) is 24.3 Å². The van der Waals surface area contributed by atoms with Crippen LogP contribution in [0.25, 0.3) is 27.3 Å². The lowest BCUT2D eigenvalue weighted by Crippen LogP contribution is -2.24. The number of hydrogen-bond acceptors (Lipinski definition) is 5. The van der Waals surface area contributed by atoms with Crippen LogP contribution in [0.2, 0.25) is 5.02 Å². The van der Waals surface area contributed by atoms with Gasteiger partial charge in [0.15, 0.2) is 5.13 Å². The number of rotatable bonds is 3. The van der Waals surface area contributed by atoms with Crippen LogP contribution in [-0.4, -0.2) is 19.6 Å². The fourth-order valence-corrected chi connectivity index (χ4v) is 3.85. The molecular formula is C20H16ClN3O2S. The summed E-state index contributed by atoms with van der Waals surface area (Å²) in [5, 5.41) is 13.3. The predicted molar refractivity (Wildman–Crippen MR) is 109 cm³/mol. The molecule has 2 heterocycles. The first-order valence-corrected chi connectivity index (χ1v) is 9.67. The Morgan fingerprint density at radius 3 is 2.56 bits per heavy atom. The van der Waals surface area contributed by atoms with Crippen LogP contribution in [0.4, 0.5) is 0 Å². The molecule has 4 aromatic rings. The van der Waals surface area contributed by atoms with Gasteiger partial charge in [0.25, 0.3) is 5.56 Å². The molecule has 27 heavy (non-hydrogen) atoms. The normalized spacial score (nSPS) is 11.4. The number of halogens is 1. The summed E-state index contributed by atoms with van der Waals surface area (Å²) in [7, 11) is 0. The van der Waals surface area contributed by atoms with E-state index in [1.54, 1.807) is 10.6 Å². The number of phenols is 1. The average Bonchev–Trinajstić information content (AvgIpc) is 3.11. The quantitative estimate of drug-likeness (QED) is 0.528. The summed E-state index contributed by atoms with van der Waals surface area (Å²) < 4.78 is 1.56. The van der Waals surface area contributed by atoms with E-state index in [1.807, 2.05) is 43.5 Å². The van der Waals surface area contributed by atoms with Gasteiger partial charge in [0.1, 0.15) is 11.6 Å². The highest BCUT2D eigenvalue weighted by molar-refractivity contribution is 7.12. The van der Waals surface area contributed by atoms with Crippen molar-refractivity contribution in [3.8, 4) is 22.1 Å². The summed E-state index contributed by atoms with van der Waals surface area (Å²) in [6, 6.07) is 12.0. The van der Waals surface area contributed by atoms with Gasteiger partial charge in [-0.3, -0.25) is 4.79 Å². The number of aromatic hydroxyl groups is 1. The van der Waals surface area contributed by atoms with Crippen LogP contribution < -0.4 is 5.56 Å². The molecule has 2 aromatic heterocycles. The lowest BCUT2D eigenvalue weighted by Gasteiger charge is -2.13. The molecule has 0 saturated heterocycles. The van der Waals surface area contributed by atoms with Crippen molar-refractivity contribution in [2.24, 2.45) is 0 Å². The molecule has 0 fully saturated rings. The monoisotopic (exact) mass is 397 g/mol. The number of hydrogen-bond donors (Lipinski definition) is 1. The summed E-state index contributed by atoms with van der Waals surface area (Å²) in [5.41, 5.74) is 1.99. The Morgan fingerprint density at radius 1 is 1.11 bits per heavy atom. The molecule has 1 N–H and O–H groups in total. The Hall–Kier alpha value is -2.70. The first-order valence-electron chi connectivity index (χ1n) is 8.41. The maximum Gasteiger partial charge on any atom is 0.267 e. The molecule has 0 aliphatic carbocycles. The molecule has 0 unspecified atom stereocenters. The molecule has 0 aliphatic heterocycles. The molecule has 0 saturated carbocycles. The van der Waals surface area contributed by atoms with Crippen LogP contribution >= 0.6 is 22.9 Å². The molecule has 0 aliphatic rings. The maximum absolute atomic E-state index is 13.1. The fraction of sp³-hybridized carbons (Fsp3) is 0.150. The topological polar surface area (TPSA) is 68.0 Å². The van der Waals surface area contributed by atoms with Gasteiger partial charge >= 0.3 is 0 Å². The zero-order valence-electron chi connectivity index (χ0n) is 14.7. The Labute approximate surface area is 164 Å². The summed E-state index contributed by atoms with van der Waals surface area (Å²) >= 11 is 7.34. The Balaban J connectivity index is 1.92. The SMILES string of the molecule is CC(C)c1nc2cc(O)ccc2c(=O)n1-c1nc(-c2ccc(Cl)cc2)cs1. The zero-order valence-corrected chi connectivity index (χ0v) is 16.3. The van der Waals surface area contributed by atoms with Crippen LogP contribution in [0.5, 0.6) is 5.75 Å². The van der Waals surface area contributed by atoms with E-state index in [9.17, 15) is 9.90 Å². The summed E-state index contributed by atoms with van der Waals surface area (Å²) in [4.78, 5) is 22.4. The fourth-order valence-electron chi connectivity index (χ4n) is 2.88. The second-order valence-electron chi connectivity index (χ2n) is 6.49. The number of aromatic nitrogens is 3. The van der Waals surface area contributed by atoms with E-state index in [4.69, 9.17) is 11.6 Å². The third kappa shape index (κ3) is 3.22. The van der Waals surface area contributed by atoms with Crippen LogP contribution in [0.15, 0.2) is 52.6 Å². The molecule has 0 bridgehead atoms. The molecule has 0 atom stereocenters. The molecule has 136 valence electrons. The van der Waals surface area contributed by atoms with E-state index in [0.717, 1.165) is 11.3 Å². The first-order chi connectivity index (χ1) is 12.9. The van der Waals surface area contributed by atoms with Crippen LogP contribution in [0, 0.1) is 0 Å². The third-order valence-corrected chi connectivity index (χ3v) is 5.30. The maximum atomic E-state index is 13.1. The largest absolute Gasteiger partial charge is 0.508 e. The lowest BCUT2D eigenvalue weighted by atomic mass is 10.1. The number of fused-ring (bicyclic) bond motifs is 1. The van der Waals surface area contributed by atoms with Crippen molar-refractivity contribution in [2.75, 3.05) is 0 Å². The van der Waals surface area contributed by atoms with E-state index in [-0.39, 0.29) is 17.2 Å². The van der Waals surface area contributed by atoms with Gasteiger partial charge in [0.2, 0.25) is 0 Å². The van der Waals surface area contributed by atoms with E-state index < -0.39 is 0 Å².